The Balaban J connectivity index is 1.19. The van der Waals surface area contributed by atoms with Crippen molar-refractivity contribution >= 4 is 63.8 Å². The first-order chi connectivity index (χ1) is 24.7. The van der Waals surface area contributed by atoms with Crippen LogP contribution in [0.1, 0.15) is 1.37 Å². The van der Waals surface area contributed by atoms with E-state index in [1.165, 1.54) is 86.2 Å². The van der Waals surface area contributed by atoms with Crippen molar-refractivity contribution in [3.63, 3.8) is 0 Å². The van der Waals surface area contributed by atoms with Crippen molar-refractivity contribution in [3.05, 3.63) is 182 Å². The van der Waals surface area contributed by atoms with Crippen LogP contribution in [0.5, 0.6) is 0 Å². The monoisotopic (exact) mass is 639 g/mol. The quantitative estimate of drug-likeness (QED) is 0.168. The maximum absolute atomic E-state index is 7.97. The molecule has 0 saturated heterocycles. The van der Waals surface area contributed by atoms with Crippen LogP contribution in [-0.4, -0.2) is 0 Å². The minimum atomic E-state index is 0.539. The molecule has 0 aliphatic carbocycles. The van der Waals surface area contributed by atoms with E-state index in [2.05, 4.69) is 158 Å². The van der Waals surface area contributed by atoms with Gasteiger partial charge in [-0.2, -0.15) is 0 Å². The van der Waals surface area contributed by atoms with Crippen molar-refractivity contribution in [1.29, 1.82) is 0 Å². The molecule has 0 aliphatic rings. The number of thiophene rings is 1. The van der Waals surface area contributed by atoms with Crippen molar-refractivity contribution in [2.45, 2.75) is 0 Å². The van der Waals surface area contributed by atoms with Gasteiger partial charge < -0.3 is 0 Å². The molecule has 0 amide bonds. The van der Waals surface area contributed by atoms with Crippen molar-refractivity contribution in [1.82, 2.24) is 0 Å². The predicted octanol–water partition coefficient (Wildman–Crippen LogP) is 14.2. The summed E-state index contributed by atoms with van der Waals surface area (Å²) in [5, 5.41) is 9.92. The van der Waals surface area contributed by atoms with Crippen LogP contribution < -0.4 is 0 Å². The number of fused-ring (bicyclic) bond motifs is 6. The van der Waals surface area contributed by atoms with Gasteiger partial charge in [-0.1, -0.05) is 170 Å². The zero-order valence-corrected chi connectivity index (χ0v) is 27.5. The highest BCUT2D eigenvalue weighted by Crippen LogP contribution is 2.49. The van der Waals surface area contributed by atoms with Crippen molar-refractivity contribution in [2.75, 3.05) is 0 Å². The Morgan fingerprint density at radius 3 is 1.73 bits per heavy atom. The fourth-order valence-corrected chi connectivity index (χ4v) is 9.03. The van der Waals surface area contributed by atoms with Gasteiger partial charge in [-0.15, -0.1) is 11.3 Å². The molecule has 1 aromatic heterocycles. The summed E-state index contributed by atoms with van der Waals surface area (Å²) in [5.41, 5.74) is 9.94. The smallest absolute Gasteiger partial charge is 0.0623 e. The fourth-order valence-electron chi connectivity index (χ4n) is 7.77. The van der Waals surface area contributed by atoms with E-state index < -0.39 is 0 Å². The summed E-state index contributed by atoms with van der Waals surface area (Å²) in [4.78, 5) is 0. The second-order valence-electron chi connectivity index (χ2n) is 12.7. The molecule has 0 radical (unpaired) electrons. The van der Waals surface area contributed by atoms with Gasteiger partial charge in [0.15, 0.2) is 0 Å². The molecule has 49 heavy (non-hydrogen) atoms. The Bertz CT molecular complexity index is 2860. The highest BCUT2D eigenvalue weighted by Gasteiger charge is 2.20. The van der Waals surface area contributed by atoms with Gasteiger partial charge in [0.25, 0.3) is 0 Å². The zero-order chi connectivity index (χ0) is 33.2. The highest BCUT2D eigenvalue weighted by molar-refractivity contribution is 7.26. The van der Waals surface area contributed by atoms with Crippen molar-refractivity contribution in [3.8, 4) is 44.5 Å². The summed E-state index contributed by atoms with van der Waals surface area (Å²) < 4.78 is 10.6. The number of rotatable bonds is 4. The van der Waals surface area contributed by atoms with E-state index in [9.17, 15) is 0 Å². The molecule has 0 aliphatic heterocycles. The minimum Gasteiger partial charge on any atom is -0.135 e. The molecule has 0 N–H and O–H groups in total. The molecule has 0 bridgehead atoms. The van der Waals surface area contributed by atoms with Gasteiger partial charge in [0, 0.05) is 20.2 Å². The summed E-state index contributed by atoms with van der Waals surface area (Å²) in [5.74, 6) is 0. The summed E-state index contributed by atoms with van der Waals surface area (Å²) >= 11 is 1.89. The second kappa shape index (κ2) is 11.3. The number of hydrogen-bond donors (Lipinski definition) is 0. The summed E-state index contributed by atoms with van der Waals surface area (Å²) in [7, 11) is 0. The van der Waals surface area contributed by atoms with Gasteiger partial charge >= 0.3 is 0 Å². The normalized spacial score (nSPS) is 12.0. The van der Waals surface area contributed by atoms with E-state index in [1.54, 1.807) is 0 Å². The minimum absolute atomic E-state index is 0.539. The molecule has 228 valence electrons. The van der Waals surface area contributed by atoms with Crippen LogP contribution in [0.3, 0.4) is 0 Å². The molecular formula is C48H30S. The molecular weight excluding hydrogens is 609 g/mol. The van der Waals surface area contributed by atoms with E-state index in [0.717, 1.165) is 10.8 Å². The molecule has 9 aromatic carbocycles. The SMILES string of the molecule is [2H]c1ccc2cc(-c3ccc(-c4c5ccccc5c(-c5cccc6sc7c(-c8ccccc8)cccc7c56)c5ccccc45)cc3)ccc2c1. The fraction of sp³-hybridized carbons (Fsp3) is 0. The van der Waals surface area contributed by atoms with Crippen LogP contribution in [0.25, 0.3) is 97.0 Å². The summed E-state index contributed by atoms with van der Waals surface area (Å²) in [6.45, 7) is 0. The molecule has 0 atom stereocenters. The average Bonchev–Trinajstić information content (AvgIpc) is 3.57. The van der Waals surface area contributed by atoms with E-state index >= 15 is 0 Å². The molecule has 0 nitrogen and oxygen atoms in total. The maximum Gasteiger partial charge on any atom is 0.0623 e. The van der Waals surface area contributed by atoms with Crippen LogP contribution in [0, 0.1) is 0 Å². The molecule has 10 aromatic rings. The Morgan fingerprint density at radius 2 is 0.980 bits per heavy atom. The van der Waals surface area contributed by atoms with E-state index in [0.29, 0.717) is 6.04 Å². The Morgan fingerprint density at radius 1 is 0.367 bits per heavy atom. The Hall–Kier alpha value is -6.02. The predicted molar refractivity (Wildman–Crippen MR) is 214 cm³/mol. The highest BCUT2D eigenvalue weighted by atomic mass is 32.1. The molecule has 10 rings (SSSR count). The van der Waals surface area contributed by atoms with E-state index in [4.69, 9.17) is 1.37 Å². The van der Waals surface area contributed by atoms with Crippen LogP contribution in [0.2, 0.25) is 0 Å². The third-order valence-corrected chi connectivity index (χ3v) is 11.2. The van der Waals surface area contributed by atoms with Crippen LogP contribution >= 0.6 is 11.3 Å². The lowest BCUT2D eigenvalue weighted by Gasteiger charge is -2.18. The van der Waals surface area contributed by atoms with Gasteiger partial charge in [-0.3, -0.25) is 0 Å². The molecule has 1 heteroatoms. The van der Waals surface area contributed by atoms with E-state index in [1.807, 2.05) is 29.5 Å². The number of hydrogen-bond acceptors (Lipinski definition) is 1. The van der Waals surface area contributed by atoms with Crippen LogP contribution in [0.4, 0.5) is 0 Å². The largest absolute Gasteiger partial charge is 0.135 e. The average molecular weight is 640 g/mol. The lowest BCUT2D eigenvalue weighted by molar-refractivity contribution is 1.63. The molecule has 0 spiro atoms. The lowest BCUT2D eigenvalue weighted by atomic mass is 9.84. The third-order valence-electron chi connectivity index (χ3n) is 10.00. The van der Waals surface area contributed by atoms with Crippen LogP contribution in [-0.2, 0) is 0 Å². The summed E-state index contributed by atoms with van der Waals surface area (Å²) in [6, 6.07) is 64.1. The van der Waals surface area contributed by atoms with Crippen molar-refractivity contribution in [2.24, 2.45) is 0 Å². The van der Waals surface area contributed by atoms with Gasteiger partial charge in [0.1, 0.15) is 0 Å². The van der Waals surface area contributed by atoms with Gasteiger partial charge in [0.2, 0.25) is 0 Å². The summed E-state index contributed by atoms with van der Waals surface area (Å²) in [6.07, 6.45) is 0. The molecule has 1 heterocycles. The first-order valence-corrected chi connectivity index (χ1v) is 17.6. The number of benzene rings is 9. The van der Waals surface area contributed by atoms with Gasteiger partial charge in [-0.05, 0) is 89.0 Å². The maximum atomic E-state index is 7.97. The standard InChI is InChI=1S/C48H30S/c1-2-13-33(14-3-1)37-20-10-22-43-47-42(21-11-23-44(47)49-48(37)43)46-40-18-8-6-16-38(40)45(39-17-7-9-19-41(39)46)34-27-24-32(25-28-34)36-29-26-31-12-4-5-15-35(31)30-36/h1-30H/i4D. The van der Waals surface area contributed by atoms with Gasteiger partial charge in [0.05, 0.1) is 1.37 Å². The zero-order valence-electron chi connectivity index (χ0n) is 27.7. The molecule has 0 fully saturated rings. The third kappa shape index (κ3) is 4.51. The first kappa shape index (κ1) is 27.0. The van der Waals surface area contributed by atoms with Crippen LogP contribution in [0.15, 0.2) is 182 Å². The molecule has 0 unspecified atom stereocenters. The molecule has 0 saturated carbocycles. The first-order valence-electron chi connectivity index (χ1n) is 17.3. The second-order valence-corrected chi connectivity index (χ2v) is 13.8. The van der Waals surface area contributed by atoms with E-state index in [-0.39, 0.29) is 0 Å². The topological polar surface area (TPSA) is 0 Å². The Kier molecular flexibility index (Phi) is 6.22. The van der Waals surface area contributed by atoms with Gasteiger partial charge in [-0.25, -0.2) is 0 Å². The van der Waals surface area contributed by atoms with Crippen molar-refractivity contribution < 1.29 is 1.37 Å². The Labute approximate surface area is 290 Å². The lowest BCUT2D eigenvalue weighted by Crippen LogP contribution is -1.91.